The Balaban J connectivity index is 1.32. The molecule has 0 saturated carbocycles. The van der Waals surface area contributed by atoms with Crippen molar-refractivity contribution in [3.05, 3.63) is 182 Å². The zero-order valence-corrected chi connectivity index (χ0v) is 46.4. The number of ether oxygens (including phenoxy) is 1. The SMILES string of the molecule is C[Si]1CO[Si]2(c3ccccc3)O[Si]3(CCCOC(=O)C(C)(C)Br)O[Si](c4ccccc4)O[Si]4(c5ccccc5)O[Si](c5ccccc5)(O1)O[Si](c1ccccc1)(O2)O[Si](c1ccccc1)(O3)O4. The molecule has 4 aliphatic heterocycles. The van der Waals surface area contributed by atoms with E-state index in [4.69, 9.17) is 50.3 Å². The van der Waals surface area contributed by atoms with Gasteiger partial charge in [0.05, 0.1) is 12.8 Å². The van der Waals surface area contributed by atoms with E-state index >= 15 is 0 Å². The van der Waals surface area contributed by atoms with E-state index in [-0.39, 0.29) is 25.3 Å². The highest BCUT2D eigenvalue weighted by molar-refractivity contribution is 9.10. The molecule has 0 N–H and O–H groups in total. The Morgan fingerprint density at radius 2 is 0.896 bits per heavy atom. The van der Waals surface area contributed by atoms with Crippen molar-refractivity contribution in [2.75, 3.05) is 12.8 Å². The lowest BCUT2D eigenvalue weighted by molar-refractivity contribution is -0.145. The Bertz CT molecular complexity index is 2640. The second-order valence-corrected chi connectivity index (χ2v) is 40.3. The van der Waals surface area contributed by atoms with E-state index in [0.717, 1.165) is 5.19 Å². The van der Waals surface area contributed by atoms with Gasteiger partial charge >= 0.3 is 68.1 Å². The van der Waals surface area contributed by atoms with Crippen LogP contribution in [0.2, 0.25) is 12.6 Å². The summed E-state index contributed by atoms with van der Waals surface area (Å²) < 4.78 is 90.9. The molecule has 6 aromatic carbocycles. The third-order valence-corrected chi connectivity index (χ3v) is 41.5. The van der Waals surface area contributed by atoms with Crippen molar-refractivity contribution in [2.24, 2.45) is 0 Å². The average molecular weight is 1100 g/mol. The first-order chi connectivity index (χ1) is 32.4. The van der Waals surface area contributed by atoms with Gasteiger partial charge in [-0.05, 0) is 32.0 Å². The maximum atomic E-state index is 13.2. The van der Waals surface area contributed by atoms with Crippen LogP contribution in [0, 0.1) is 0 Å². The fourth-order valence-corrected chi connectivity index (χ4v) is 46.9. The maximum Gasteiger partial charge on any atom is 0.522 e. The fourth-order valence-electron chi connectivity index (χ4n) is 8.02. The zero-order chi connectivity index (χ0) is 46.2. The summed E-state index contributed by atoms with van der Waals surface area (Å²) >= 11 is 3.45. The normalized spacial score (nSPS) is 30.1. The van der Waals surface area contributed by atoms with E-state index in [1.807, 2.05) is 189 Å². The summed E-state index contributed by atoms with van der Waals surface area (Å²) in [5, 5.41) is 3.79. The van der Waals surface area contributed by atoms with Gasteiger partial charge in [0.25, 0.3) is 0 Å². The third kappa shape index (κ3) is 9.48. The molecule has 6 unspecified atom stereocenters. The first kappa shape index (κ1) is 47.3. The van der Waals surface area contributed by atoms with E-state index in [9.17, 15) is 4.79 Å². The largest absolute Gasteiger partial charge is 0.522 e. The van der Waals surface area contributed by atoms with Crippen molar-refractivity contribution in [1.82, 2.24) is 0 Å². The molecule has 0 amide bonds. The monoisotopic (exact) mass is 1100 g/mol. The molecule has 344 valence electrons. The van der Waals surface area contributed by atoms with Gasteiger partial charge < -0.3 is 50.3 Å². The van der Waals surface area contributed by atoms with Gasteiger partial charge in [0.1, 0.15) is 4.32 Å². The van der Waals surface area contributed by atoms with E-state index in [1.165, 1.54) is 0 Å². The average Bonchev–Trinajstić information content (AvgIpc) is 3.40. The minimum Gasteiger partial charge on any atom is -0.465 e. The molecule has 6 aromatic rings. The molecule has 2 radical (unpaired) electrons. The smallest absolute Gasteiger partial charge is 0.465 e. The maximum absolute atomic E-state index is 13.2. The molecule has 6 atom stereocenters. The predicted octanol–water partition coefficient (Wildman–Crippen LogP) is 4.06. The highest BCUT2D eigenvalue weighted by Gasteiger charge is 2.79. The molecule has 4 heterocycles. The molecule has 0 aromatic heterocycles. The Morgan fingerprint density at radius 3 is 1.39 bits per heavy atom. The van der Waals surface area contributed by atoms with Crippen LogP contribution in [-0.2, 0) is 55.1 Å². The molecule has 0 spiro atoms. The summed E-state index contributed by atoms with van der Waals surface area (Å²) in [6.07, 6.45) is 0.343. The summed E-state index contributed by atoms with van der Waals surface area (Å²) in [4.78, 5) is 13.2. The van der Waals surface area contributed by atoms with Crippen LogP contribution in [-0.4, -0.2) is 94.3 Å². The summed E-state index contributed by atoms with van der Waals surface area (Å²) in [7, 11) is -32.0. The molecule has 67 heavy (non-hydrogen) atoms. The molecule has 4 fully saturated rings. The molecule has 0 aliphatic carbocycles. The standard InChI is InChI=1S/C45H47BrO13Si8/c1-45(2,46)44(47)48-35-22-36-62-51-61(38-23-10-4-11-24-38)52-65(41-29-16-7-17-30-41)56-64(40-27-14-6-15-28-40)50-60(3)37-49-63(53-62,39-25-12-5-13-26-39)55-67(57-64,43-33-20-9-21-34-43)59-66(54-62,58-65)42-31-18-8-19-32-42/h4-21,23-34H,22,35-37H2,1-3H3. The second kappa shape index (κ2) is 19.1. The Labute approximate surface area is 408 Å². The van der Waals surface area contributed by atoms with Crippen LogP contribution < -0.4 is 31.1 Å². The minimum atomic E-state index is -4.67. The molecule has 4 saturated heterocycles. The van der Waals surface area contributed by atoms with Gasteiger partial charge in [0, 0.05) is 32.0 Å². The quantitative estimate of drug-likeness (QED) is 0.0803. The number of benzene rings is 6. The summed E-state index contributed by atoms with van der Waals surface area (Å²) in [5.41, 5.74) is 0. The Morgan fingerprint density at radius 1 is 0.522 bits per heavy atom. The lowest BCUT2D eigenvalue weighted by Gasteiger charge is -2.56. The van der Waals surface area contributed by atoms with Crippen molar-refractivity contribution in [3.63, 3.8) is 0 Å². The van der Waals surface area contributed by atoms with Crippen molar-refractivity contribution >= 4 is 124 Å². The molecule has 22 heteroatoms. The van der Waals surface area contributed by atoms with Crippen LogP contribution in [0.1, 0.15) is 20.3 Å². The van der Waals surface area contributed by atoms with Crippen molar-refractivity contribution in [3.8, 4) is 0 Å². The van der Waals surface area contributed by atoms with Crippen LogP contribution in [0.15, 0.2) is 182 Å². The molecule has 10 rings (SSSR count). The van der Waals surface area contributed by atoms with Gasteiger partial charge in [-0.2, -0.15) is 0 Å². The van der Waals surface area contributed by atoms with Crippen molar-refractivity contribution in [1.29, 1.82) is 0 Å². The van der Waals surface area contributed by atoms with Gasteiger partial charge in [0.15, 0.2) is 0 Å². The number of carbonyl (C=O) groups excluding carboxylic acids is 1. The Kier molecular flexibility index (Phi) is 13.4. The first-order valence-corrected chi connectivity index (χ1v) is 36.7. The number of hydrogen-bond donors (Lipinski definition) is 0. The molecule has 4 aliphatic rings. The van der Waals surface area contributed by atoms with Crippen LogP contribution in [0.3, 0.4) is 0 Å². The summed E-state index contributed by atoms with van der Waals surface area (Å²) in [6, 6.07) is 57.9. The van der Waals surface area contributed by atoms with Crippen LogP contribution in [0.5, 0.6) is 0 Å². The van der Waals surface area contributed by atoms with Gasteiger partial charge in [0.2, 0.25) is 9.04 Å². The van der Waals surface area contributed by atoms with E-state index < -0.39 is 81.4 Å². The molecular formula is C45H47BrO13Si8. The summed E-state index contributed by atoms with van der Waals surface area (Å²) in [6.45, 7) is 5.52. The Hall–Kier alpha value is -3.43. The van der Waals surface area contributed by atoms with E-state index in [2.05, 4.69) is 15.9 Å². The van der Waals surface area contributed by atoms with Gasteiger partial charge in [-0.3, -0.25) is 4.79 Å². The zero-order valence-electron chi connectivity index (χ0n) is 36.8. The number of fused-ring (bicyclic) bond motifs is 4. The highest BCUT2D eigenvalue weighted by atomic mass is 79.9. The number of carbonyl (C=O) groups is 1. The second-order valence-electron chi connectivity index (χ2n) is 16.7. The van der Waals surface area contributed by atoms with Gasteiger partial charge in [-0.25, -0.2) is 0 Å². The molecular weight excluding hydrogens is 1050 g/mol. The lowest BCUT2D eigenvalue weighted by Crippen LogP contribution is -2.88. The number of alkyl halides is 1. The van der Waals surface area contributed by atoms with E-state index in [1.54, 1.807) is 13.8 Å². The minimum absolute atomic E-state index is 0.0228. The number of esters is 1. The first-order valence-electron chi connectivity index (χ1n) is 21.9. The third-order valence-electron chi connectivity index (χ3n) is 11.2. The van der Waals surface area contributed by atoms with Crippen LogP contribution in [0.25, 0.3) is 0 Å². The van der Waals surface area contributed by atoms with Crippen LogP contribution in [0.4, 0.5) is 0 Å². The van der Waals surface area contributed by atoms with Gasteiger partial charge in [-0.15, -0.1) is 0 Å². The molecule has 6 bridgehead atoms. The molecule has 13 nitrogen and oxygen atoms in total. The van der Waals surface area contributed by atoms with Crippen molar-refractivity contribution in [2.45, 2.75) is 37.2 Å². The lowest BCUT2D eigenvalue weighted by atomic mass is 10.2. The predicted molar refractivity (Wildman–Crippen MR) is 269 cm³/mol. The van der Waals surface area contributed by atoms with Gasteiger partial charge in [-0.1, -0.05) is 198 Å². The number of rotatable bonds is 11. The van der Waals surface area contributed by atoms with Crippen LogP contribution >= 0.6 is 15.9 Å². The number of hydrogen-bond acceptors (Lipinski definition) is 13. The fraction of sp³-hybridized carbons (Fsp3) is 0.178. The highest BCUT2D eigenvalue weighted by Crippen LogP contribution is 2.43. The number of halogens is 1. The topological polar surface area (TPSA) is 128 Å². The van der Waals surface area contributed by atoms with Crippen molar-refractivity contribution < 1.29 is 55.1 Å². The van der Waals surface area contributed by atoms with E-state index in [0.29, 0.717) is 25.9 Å². The summed E-state index contributed by atoms with van der Waals surface area (Å²) in [5.74, 6) is -0.419.